The van der Waals surface area contributed by atoms with Crippen LogP contribution in [0.3, 0.4) is 0 Å². The Kier molecular flexibility index (Phi) is 6.54. The Balaban J connectivity index is 2.05. The maximum Gasteiger partial charge on any atom is 0.293 e. The molecule has 0 atom stereocenters. The van der Waals surface area contributed by atoms with Crippen LogP contribution in [0.25, 0.3) is 0 Å². The van der Waals surface area contributed by atoms with E-state index in [1.54, 1.807) is 19.2 Å². The molecule has 2 rings (SSSR count). The van der Waals surface area contributed by atoms with Gasteiger partial charge in [-0.3, -0.25) is 14.9 Å². The minimum atomic E-state index is -0.478. The molecule has 0 spiro atoms. The number of hydrogen-bond donors (Lipinski definition) is 2. The van der Waals surface area contributed by atoms with Crippen molar-refractivity contribution in [2.24, 2.45) is 5.92 Å². The molecule has 1 aliphatic carbocycles. The first kappa shape index (κ1) is 18.2. The average molecular weight is 335 g/mol. The van der Waals surface area contributed by atoms with E-state index >= 15 is 0 Å². The number of carbonyl (C=O) groups is 1. The molecule has 1 aromatic carbocycles. The molecule has 0 radical (unpaired) electrons. The smallest absolute Gasteiger partial charge is 0.293 e. The summed E-state index contributed by atoms with van der Waals surface area (Å²) in [5.74, 6) is 0.456. The number of carbonyl (C=O) groups excluding carboxylic acids is 1. The Bertz CT molecular complexity index is 583. The standard InChI is InChI=1S/C17H25N3O4/c1-12-3-6-14(7-4-12)19-17(21)13-5-8-15(18-9-10-24-2)16(11-13)20(22)23/h5,8,11-12,14,18H,3-4,6-7,9-10H2,1-2H3,(H,19,21). The first-order chi connectivity index (χ1) is 11.5. The summed E-state index contributed by atoms with van der Waals surface area (Å²) in [5, 5.41) is 17.2. The van der Waals surface area contributed by atoms with E-state index in [1.807, 2.05) is 0 Å². The van der Waals surface area contributed by atoms with E-state index in [0.717, 1.165) is 25.7 Å². The number of nitro groups is 1. The molecular formula is C17H25N3O4. The highest BCUT2D eigenvalue weighted by molar-refractivity contribution is 5.95. The third kappa shape index (κ3) is 4.92. The zero-order chi connectivity index (χ0) is 17.5. The number of ether oxygens (including phenoxy) is 1. The average Bonchev–Trinajstić information content (AvgIpc) is 2.57. The predicted molar refractivity (Wildman–Crippen MR) is 92.3 cm³/mol. The highest BCUT2D eigenvalue weighted by atomic mass is 16.6. The van der Waals surface area contributed by atoms with Crippen molar-refractivity contribution in [1.82, 2.24) is 5.32 Å². The topological polar surface area (TPSA) is 93.5 Å². The lowest BCUT2D eigenvalue weighted by molar-refractivity contribution is -0.384. The van der Waals surface area contributed by atoms with Crippen molar-refractivity contribution in [3.63, 3.8) is 0 Å². The minimum Gasteiger partial charge on any atom is -0.383 e. The number of anilines is 1. The largest absolute Gasteiger partial charge is 0.383 e. The molecule has 0 heterocycles. The van der Waals surface area contributed by atoms with Crippen LogP contribution in [0.15, 0.2) is 18.2 Å². The van der Waals surface area contributed by atoms with Crippen LogP contribution in [0, 0.1) is 16.0 Å². The molecule has 0 unspecified atom stereocenters. The molecule has 0 saturated heterocycles. The predicted octanol–water partition coefficient (Wildman–Crippen LogP) is 2.96. The van der Waals surface area contributed by atoms with Gasteiger partial charge in [0.1, 0.15) is 5.69 Å². The van der Waals surface area contributed by atoms with Gasteiger partial charge in [0.25, 0.3) is 11.6 Å². The summed E-state index contributed by atoms with van der Waals surface area (Å²) >= 11 is 0. The summed E-state index contributed by atoms with van der Waals surface area (Å²) in [4.78, 5) is 23.1. The van der Waals surface area contributed by atoms with E-state index in [4.69, 9.17) is 4.74 Å². The highest BCUT2D eigenvalue weighted by Crippen LogP contribution is 2.27. The quantitative estimate of drug-likeness (QED) is 0.454. The van der Waals surface area contributed by atoms with Gasteiger partial charge >= 0.3 is 0 Å². The van der Waals surface area contributed by atoms with Gasteiger partial charge in [-0.1, -0.05) is 6.92 Å². The second-order valence-electron chi connectivity index (χ2n) is 6.34. The molecule has 132 valence electrons. The molecule has 1 fully saturated rings. The van der Waals surface area contributed by atoms with Crippen LogP contribution in [0.4, 0.5) is 11.4 Å². The van der Waals surface area contributed by atoms with Crippen LogP contribution < -0.4 is 10.6 Å². The molecule has 1 aliphatic rings. The molecule has 0 aliphatic heterocycles. The van der Waals surface area contributed by atoms with Gasteiger partial charge in [0.2, 0.25) is 0 Å². The Labute approximate surface area is 141 Å². The number of hydrogen-bond acceptors (Lipinski definition) is 5. The number of nitro benzene ring substituents is 1. The minimum absolute atomic E-state index is 0.101. The molecule has 0 aromatic heterocycles. The molecule has 2 N–H and O–H groups in total. The van der Waals surface area contributed by atoms with Crippen LogP contribution in [0.1, 0.15) is 43.0 Å². The summed E-state index contributed by atoms with van der Waals surface area (Å²) in [6.07, 6.45) is 4.14. The zero-order valence-corrected chi connectivity index (χ0v) is 14.2. The fraction of sp³-hybridized carbons (Fsp3) is 0.588. The second kappa shape index (κ2) is 8.63. The number of nitrogens with zero attached hydrogens (tertiary/aromatic N) is 1. The van der Waals surface area contributed by atoms with Gasteiger partial charge in [-0.25, -0.2) is 0 Å². The van der Waals surface area contributed by atoms with Crippen LogP contribution in [0.5, 0.6) is 0 Å². The van der Waals surface area contributed by atoms with E-state index in [-0.39, 0.29) is 17.6 Å². The monoisotopic (exact) mass is 335 g/mol. The zero-order valence-electron chi connectivity index (χ0n) is 14.2. The van der Waals surface area contributed by atoms with Gasteiger partial charge < -0.3 is 15.4 Å². The first-order valence-corrected chi connectivity index (χ1v) is 8.33. The normalized spacial score (nSPS) is 20.4. The van der Waals surface area contributed by atoms with Crippen LogP contribution in [0.2, 0.25) is 0 Å². The molecular weight excluding hydrogens is 310 g/mol. The van der Waals surface area contributed by atoms with Gasteiger partial charge in [-0.15, -0.1) is 0 Å². The van der Waals surface area contributed by atoms with Crippen molar-refractivity contribution in [2.75, 3.05) is 25.6 Å². The first-order valence-electron chi connectivity index (χ1n) is 8.33. The maximum absolute atomic E-state index is 12.4. The van der Waals surface area contributed by atoms with E-state index in [1.165, 1.54) is 6.07 Å². The fourth-order valence-corrected chi connectivity index (χ4v) is 2.93. The molecule has 1 saturated carbocycles. The van der Waals surface area contributed by atoms with Crippen molar-refractivity contribution >= 4 is 17.3 Å². The maximum atomic E-state index is 12.4. The van der Waals surface area contributed by atoms with Gasteiger partial charge in [-0.2, -0.15) is 0 Å². The summed E-state index contributed by atoms with van der Waals surface area (Å²) in [5.41, 5.74) is 0.605. The Morgan fingerprint density at radius 3 is 2.67 bits per heavy atom. The highest BCUT2D eigenvalue weighted by Gasteiger charge is 2.22. The lowest BCUT2D eigenvalue weighted by Crippen LogP contribution is -2.37. The molecule has 0 bridgehead atoms. The van der Waals surface area contributed by atoms with E-state index in [9.17, 15) is 14.9 Å². The number of amides is 1. The SMILES string of the molecule is COCCNc1ccc(C(=O)NC2CCC(C)CC2)cc1[N+](=O)[O-]. The van der Waals surface area contributed by atoms with Gasteiger partial charge in [0.15, 0.2) is 0 Å². The third-order valence-electron chi connectivity index (χ3n) is 4.43. The number of nitrogens with one attached hydrogen (secondary N) is 2. The molecule has 24 heavy (non-hydrogen) atoms. The number of benzene rings is 1. The van der Waals surface area contributed by atoms with Crippen LogP contribution in [-0.2, 0) is 4.74 Å². The van der Waals surface area contributed by atoms with Gasteiger partial charge in [-0.05, 0) is 43.7 Å². The summed E-state index contributed by atoms with van der Waals surface area (Å²) < 4.78 is 4.92. The summed E-state index contributed by atoms with van der Waals surface area (Å²) in [6, 6.07) is 4.68. The molecule has 1 aromatic rings. The van der Waals surface area contributed by atoms with Crippen LogP contribution in [-0.4, -0.2) is 37.1 Å². The summed E-state index contributed by atoms with van der Waals surface area (Å²) in [6.45, 7) is 3.12. The number of rotatable bonds is 7. The van der Waals surface area contributed by atoms with Gasteiger partial charge in [0.05, 0.1) is 11.5 Å². The second-order valence-corrected chi connectivity index (χ2v) is 6.34. The van der Waals surface area contributed by atoms with Crippen molar-refractivity contribution < 1.29 is 14.5 Å². The van der Waals surface area contributed by atoms with Crippen molar-refractivity contribution in [3.8, 4) is 0 Å². The molecule has 7 nitrogen and oxygen atoms in total. The third-order valence-corrected chi connectivity index (χ3v) is 4.43. The number of methoxy groups -OCH3 is 1. The lowest BCUT2D eigenvalue weighted by atomic mass is 9.87. The lowest BCUT2D eigenvalue weighted by Gasteiger charge is -2.26. The van der Waals surface area contributed by atoms with Crippen molar-refractivity contribution in [2.45, 2.75) is 38.6 Å². The Morgan fingerprint density at radius 2 is 2.04 bits per heavy atom. The molecule has 1 amide bonds. The Hall–Kier alpha value is -2.15. The van der Waals surface area contributed by atoms with Crippen molar-refractivity contribution in [1.29, 1.82) is 0 Å². The molecule has 7 heteroatoms. The van der Waals surface area contributed by atoms with Crippen LogP contribution >= 0.6 is 0 Å². The fourth-order valence-electron chi connectivity index (χ4n) is 2.93. The van der Waals surface area contributed by atoms with E-state index < -0.39 is 4.92 Å². The van der Waals surface area contributed by atoms with Crippen molar-refractivity contribution in [3.05, 3.63) is 33.9 Å². The Morgan fingerprint density at radius 1 is 1.33 bits per heavy atom. The van der Waals surface area contributed by atoms with Gasteiger partial charge in [0, 0.05) is 31.3 Å². The van der Waals surface area contributed by atoms with E-state index in [2.05, 4.69) is 17.6 Å². The van der Waals surface area contributed by atoms with E-state index in [0.29, 0.717) is 30.3 Å². The summed E-state index contributed by atoms with van der Waals surface area (Å²) in [7, 11) is 1.57.